The lowest BCUT2D eigenvalue weighted by Crippen LogP contribution is -2.38. The van der Waals surface area contributed by atoms with E-state index in [2.05, 4.69) is 6.08 Å². The molecule has 1 atom stereocenters. The van der Waals surface area contributed by atoms with E-state index in [0.717, 1.165) is 12.8 Å². The van der Waals surface area contributed by atoms with Crippen LogP contribution in [0, 0.1) is 0 Å². The van der Waals surface area contributed by atoms with E-state index in [1.165, 1.54) is 18.8 Å². The van der Waals surface area contributed by atoms with Crippen molar-refractivity contribution in [1.29, 1.82) is 0 Å². The van der Waals surface area contributed by atoms with E-state index in [0.29, 0.717) is 6.54 Å². The molecular weight excluding hydrogens is 222 g/mol. The second-order valence-corrected chi connectivity index (χ2v) is 3.88. The number of rotatable bonds is 1. The normalized spacial score (nSPS) is 23.2. The predicted octanol–water partition coefficient (Wildman–Crippen LogP) is 2.48. The Morgan fingerprint density at radius 2 is 2.35 bits per heavy atom. The van der Waals surface area contributed by atoms with Crippen molar-refractivity contribution in [2.45, 2.75) is 25.8 Å². The molecule has 1 amide bonds. The molecule has 0 saturated heterocycles. The van der Waals surface area contributed by atoms with Crippen molar-refractivity contribution in [2.24, 2.45) is 0 Å². The van der Waals surface area contributed by atoms with Gasteiger partial charge in [0.05, 0.1) is 0 Å². The van der Waals surface area contributed by atoms with Crippen LogP contribution >= 0.6 is 0 Å². The monoisotopic (exact) mass is 237 g/mol. The van der Waals surface area contributed by atoms with Crippen LogP contribution in [0.5, 0.6) is 0 Å². The minimum Gasteiger partial charge on any atom is -0.462 e. The van der Waals surface area contributed by atoms with E-state index in [1.807, 2.05) is 13.0 Å². The highest BCUT2D eigenvalue weighted by atomic mass is 16.7. The lowest BCUT2D eigenvalue weighted by atomic mass is 10.2. The molecule has 0 saturated carbocycles. The number of allylic oxidation sites excluding steroid dienone is 1. The molecule has 0 fully saturated rings. The van der Waals surface area contributed by atoms with Crippen LogP contribution in [0.15, 0.2) is 36.9 Å². The van der Waals surface area contributed by atoms with E-state index < -0.39 is 6.09 Å². The fraction of sp³-hybridized carbons (Fsp3) is 0.417. The molecule has 2 aliphatic rings. The first-order chi connectivity index (χ1) is 8.27. The third-order valence-corrected chi connectivity index (χ3v) is 2.66. The van der Waals surface area contributed by atoms with Crippen molar-refractivity contribution in [3.8, 4) is 0 Å². The smallest absolute Gasteiger partial charge is 0.418 e. The van der Waals surface area contributed by atoms with Crippen molar-refractivity contribution in [1.82, 2.24) is 4.90 Å². The average Bonchev–Trinajstić information content (AvgIpc) is 2.55. The first-order valence-electron chi connectivity index (χ1n) is 5.58. The van der Waals surface area contributed by atoms with Gasteiger partial charge in [-0.1, -0.05) is 12.2 Å². The highest BCUT2D eigenvalue weighted by Gasteiger charge is 2.23. The Hall–Kier alpha value is -1.91. The lowest BCUT2D eigenvalue weighted by Gasteiger charge is -2.25. The van der Waals surface area contributed by atoms with Crippen molar-refractivity contribution in [3.05, 3.63) is 36.9 Å². The van der Waals surface area contributed by atoms with Crippen LogP contribution < -0.4 is 0 Å². The molecule has 0 aromatic rings. The summed E-state index contributed by atoms with van der Waals surface area (Å²) in [6.45, 7) is 2.56. The zero-order valence-corrected chi connectivity index (χ0v) is 9.67. The molecule has 92 valence electrons. The summed E-state index contributed by atoms with van der Waals surface area (Å²) in [5, 5.41) is 0. The van der Waals surface area contributed by atoms with E-state index in [1.54, 1.807) is 4.90 Å². The van der Waals surface area contributed by atoms with Crippen LogP contribution in [0.25, 0.3) is 0 Å². The van der Waals surface area contributed by atoms with Gasteiger partial charge in [0.1, 0.15) is 12.5 Å². The number of nitrogens with zero attached hydrogens (tertiary/aromatic N) is 1. The minimum absolute atomic E-state index is 0.0536. The maximum atomic E-state index is 11.9. The summed E-state index contributed by atoms with van der Waals surface area (Å²) >= 11 is 0. The van der Waals surface area contributed by atoms with Gasteiger partial charge in [-0.3, -0.25) is 0 Å². The van der Waals surface area contributed by atoms with Gasteiger partial charge in [0.2, 0.25) is 0 Å². The average molecular weight is 237 g/mol. The molecule has 0 spiro atoms. The molecule has 0 radical (unpaired) electrons. The van der Waals surface area contributed by atoms with Crippen LogP contribution in [0.3, 0.4) is 0 Å². The van der Waals surface area contributed by atoms with E-state index in [4.69, 9.17) is 14.2 Å². The maximum absolute atomic E-state index is 11.9. The summed E-state index contributed by atoms with van der Waals surface area (Å²) in [7, 11) is 0. The molecule has 0 N–H and O–H groups in total. The first-order valence-corrected chi connectivity index (χ1v) is 5.58. The predicted molar refractivity (Wildman–Crippen MR) is 60.4 cm³/mol. The van der Waals surface area contributed by atoms with Gasteiger partial charge >= 0.3 is 12.0 Å². The standard InChI is InChI=1S/C12H15NO4/c1-10-5-3-2-4-6-13(10)12(14)17-11-9-15-7-8-16-11/h2,4,7-10H,3,5-6H2,1H3. The Bertz CT molecular complexity index is 373. The van der Waals surface area contributed by atoms with Crippen LogP contribution in [0.4, 0.5) is 4.79 Å². The van der Waals surface area contributed by atoms with Crippen molar-refractivity contribution in [2.75, 3.05) is 6.54 Å². The number of carbonyl (C=O) groups excluding carboxylic acids is 1. The Kier molecular flexibility index (Phi) is 3.69. The Morgan fingerprint density at radius 3 is 3.12 bits per heavy atom. The SMILES string of the molecule is CC1CCC=CCN1C(=O)OC1=COC=CO1. The molecule has 0 aromatic heterocycles. The Labute approximate surface area is 99.9 Å². The summed E-state index contributed by atoms with van der Waals surface area (Å²) in [5.41, 5.74) is 0. The number of amides is 1. The van der Waals surface area contributed by atoms with Gasteiger partial charge in [-0.25, -0.2) is 4.79 Å². The molecule has 0 bridgehead atoms. The number of carbonyl (C=O) groups is 1. The van der Waals surface area contributed by atoms with Crippen LogP contribution in [-0.4, -0.2) is 23.6 Å². The van der Waals surface area contributed by atoms with E-state index in [9.17, 15) is 4.79 Å². The summed E-state index contributed by atoms with van der Waals surface area (Å²) in [4.78, 5) is 13.6. The zero-order valence-electron chi connectivity index (χ0n) is 9.67. The fourth-order valence-electron chi connectivity index (χ4n) is 1.68. The van der Waals surface area contributed by atoms with Crippen molar-refractivity contribution < 1.29 is 19.0 Å². The molecule has 5 heteroatoms. The van der Waals surface area contributed by atoms with Gasteiger partial charge in [0, 0.05) is 12.6 Å². The van der Waals surface area contributed by atoms with Crippen LogP contribution in [-0.2, 0) is 14.2 Å². The summed E-state index contributed by atoms with van der Waals surface area (Å²) in [6, 6.07) is 0.151. The quantitative estimate of drug-likeness (QED) is 0.657. The third-order valence-electron chi connectivity index (χ3n) is 2.66. The Morgan fingerprint density at radius 1 is 1.47 bits per heavy atom. The topological polar surface area (TPSA) is 48.0 Å². The second-order valence-electron chi connectivity index (χ2n) is 3.88. The fourth-order valence-corrected chi connectivity index (χ4v) is 1.68. The van der Waals surface area contributed by atoms with Gasteiger partial charge in [-0.05, 0) is 19.8 Å². The zero-order chi connectivity index (χ0) is 12.1. The summed E-state index contributed by atoms with van der Waals surface area (Å²) in [6.07, 6.45) is 9.45. The van der Waals surface area contributed by atoms with E-state index in [-0.39, 0.29) is 12.0 Å². The molecule has 1 unspecified atom stereocenters. The molecule has 2 rings (SSSR count). The molecule has 2 heterocycles. The maximum Gasteiger partial charge on any atom is 0.418 e. The largest absolute Gasteiger partial charge is 0.462 e. The highest BCUT2D eigenvalue weighted by molar-refractivity contribution is 5.69. The van der Waals surface area contributed by atoms with Crippen molar-refractivity contribution >= 4 is 6.09 Å². The number of hydrogen-bond acceptors (Lipinski definition) is 4. The van der Waals surface area contributed by atoms with E-state index >= 15 is 0 Å². The molecule has 5 nitrogen and oxygen atoms in total. The second kappa shape index (κ2) is 5.43. The van der Waals surface area contributed by atoms with Gasteiger partial charge in [0.15, 0.2) is 6.26 Å². The van der Waals surface area contributed by atoms with Gasteiger partial charge < -0.3 is 19.1 Å². The van der Waals surface area contributed by atoms with Crippen LogP contribution in [0.1, 0.15) is 19.8 Å². The highest BCUT2D eigenvalue weighted by Crippen LogP contribution is 2.15. The van der Waals surface area contributed by atoms with Crippen LogP contribution in [0.2, 0.25) is 0 Å². The molecule has 17 heavy (non-hydrogen) atoms. The first kappa shape index (κ1) is 11.6. The van der Waals surface area contributed by atoms with Gasteiger partial charge in [-0.2, -0.15) is 0 Å². The molecule has 2 aliphatic heterocycles. The third kappa shape index (κ3) is 3.03. The van der Waals surface area contributed by atoms with Gasteiger partial charge in [-0.15, -0.1) is 0 Å². The minimum atomic E-state index is -0.422. The summed E-state index contributed by atoms with van der Waals surface area (Å²) < 4.78 is 14.9. The Balaban J connectivity index is 1.94. The van der Waals surface area contributed by atoms with Crippen molar-refractivity contribution in [3.63, 3.8) is 0 Å². The number of ether oxygens (including phenoxy) is 3. The number of hydrogen-bond donors (Lipinski definition) is 0. The summed E-state index contributed by atoms with van der Waals surface area (Å²) in [5.74, 6) is 0.0536. The molecule has 0 aromatic carbocycles. The molecular formula is C12H15NO4. The molecule has 0 aliphatic carbocycles. The lowest BCUT2D eigenvalue weighted by molar-refractivity contribution is 0.0579. The van der Waals surface area contributed by atoms with Gasteiger partial charge in [0.25, 0.3) is 0 Å².